The molecule has 4 rings (SSSR count). The molecular weight excluding hydrogens is 402 g/mol. The fraction of sp³-hybridized carbons (Fsp3) is 0.238. The van der Waals surface area contributed by atoms with Gasteiger partial charge < -0.3 is 14.6 Å². The standard InChI is InChI=1S/C21H19N5O5/c1-3-30-20(29)17-12(2)22-21-23-24-25-26(21)18(17)15-9-4-5-10-16(15)31-14-8-6-7-13(11-14)19(27)28/h4-11,17-18H,3H2,1-2H3,(H,27,28). The number of ether oxygens (including phenoxy) is 2. The fourth-order valence-corrected chi connectivity index (χ4v) is 3.52. The zero-order valence-corrected chi connectivity index (χ0v) is 16.8. The van der Waals surface area contributed by atoms with Gasteiger partial charge in [-0.2, -0.15) is 0 Å². The lowest BCUT2D eigenvalue weighted by molar-refractivity contribution is -0.146. The van der Waals surface area contributed by atoms with Crippen molar-refractivity contribution in [2.45, 2.75) is 19.9 Å². The monoisotopic (exact) mass is 421 g/mol. The number of hydrogen-bond acceptors (Lipinski definition) is 8. The molecule has 0 aliphatic carbocycles. The molecule has 0 saturated heterocycles. The second kappa shape index (κ2) is 8.34. The van der Waals surface area contributed by atoms with Crippen LogP contribution in [0.4, 0.5) is 5.95 Å². The van der Waals surface area contributed by atoms with Gasteiger partial charge in [0.1, 0.15) is 23.5 Å². The summed E-state index contributed by atoms with van der Waals surface area (Å²) in [5, 5.41) is 20.9. The van der Waals surface area contributed by atoms with E-state index >= 15 is 0 Å². The summed E-state index contributed by atoms with van der Waals surface area (Å²) in [6.45, 7) is 3.68. The van der Waals surface area contributed by atoms with Gasteiger partial charge in [-0.05, 0) is 48.5 Å². The van der Waals surface area contributed by atoms with E-state index < -0.39 is 23.9 Å². The van der Waals surface area contributed by atoms with E-state index in [-0.39, 0.29) is 18.1 Å². The van der Waals surface area contributed by atoms with Crippen LogP contribution in [0.1, 0.15) is 35.8 Å². The first kappa shape index (κ1) is 20.2. The maximum absolute atomic E-state index is 12.8. The third-order valence-corrected chi connectivity index (χ3v) is 4.87. The van der Waals surface area contributed by atoms with Crippen molar-refractivity contribution in [1.29, 1.82) is 0 Å². The summed E-state index contributed by atoms with van der Waals surface area (Å²) in [7, 11) is 0. The molecule has 0 amide bonds. The van der Waals surface area contributed by atoms with Crippen molar-refractivity contribution in [1.82, 2.24) is 20.2 Å². The third-order valence-electron chi connectivity index (χ3n) is 4.87. The summed E-state index contributed by atoms with van der Waals surface area (Å²) in [4.78, 5) is 28.5. The smallest absolute Gasteiger partial charge is 0.335 e. The van der Waals surface area contributed by atoms with E-state index in [0.717, 1.165) is 0 Å². The molecule has 1 N–H and O–H groups in total. The number of hydrogen-bond donors (Lipinski definition) is 1. The maximum Gasteiger partial charge on any atom is 0.335 e. The summed E-state index contributed by atoms with van der Waals surface area (Å²) in [5.74, 6) is -1.22. The van der Waals surface area contributed by atoms with E-state index in [0.29, 0.717) is 22.8 Å². The number of carboxylic acids is 1. The lowest BCUT2D eigenvalue weighted by atomic mass is 9.88. The Morgan fingerprint density at radius 1 is 1.16 bits per heavy atom. The van der Waals surface area contributed by atoms with E-state index in [1.165, 1.54) is 16.8 Å². The molecule has 31 heavy (non-hydrogen) atoms. The maximum atomic E-state index is 12.8. The Kier molecular flexibility index (Phi) is 5.44. The van der Waals surface area contributed by atoms with Gasteiger partial charge in [-0.3, -0.25) is 4.79 Å². The van der Waals surface area contributed by atoms with Crippen LogP contribution in [0.15, 0.2) is 53.5 Å². The van der Waals surface area contributed by atoms with Crippen molar-refractivity contribution >= 4 is 23.6 Å². The fourth-order valence-electron chi connectivity index (χ4n) is 3.52. The highest BCUT2D eigenvalue weighted by Gasteiger charge is 2.41. The zero-order chi connectivity index (χ0) is 22.0. The van der Waals surface area contributed by atoms with Crippen LogP contribution in [0.2, 0.25) is 0 Å². The number of nitrogens with zero attached hydrogens (tertiary/aromatic N) is 5. The Morgan fingerprint density at radius 3 is 2.74 bits per heavy atom. The normalized spacial score (nSPS) is 17.4. The van der Waals surface area contributed by atoms with Crippen LogP contribution in [0.3, 0.4) is 0 Å². The van der Waals surface area contributed by atoms with Gasteiger partial charge in [-0.1, -0.05) is 29.4 Å². The Balaban J connectivity index is 1.79. The Hall–Kier alpha value is -4.08. The van der Waals surface area contributed by atoms with Crippen LogP contribution in [-0.2, 0) is 9.53 Å². The second-order valence-electron chi connectivity index (χ2n) is 6.82. The van der Waals surface area contributed by atoms with Crippen molar-refractivity contribution in [2.75, 3.05) is 6.61 Å². The van der Waals surface area contributed by atoms with E-state index in [9.17, 15) is 14.7 Å². The molecule has 0 radical (unpaired) electrons. The van der Waals surface area contributed by atoms with Gasteiger partial charge in [0.15, 0.2) is 0 Å². The lowest BCUT2D eigenvalue weighted by Gasteiger charge is -2.30. The molecule has 10 nitrogen and oxygen atoms in total. The Bertz CT molecular complexity index is 1170. The number of aromatic carboxylic acids is 1. The van der Waals surface area contributed by atoms with Crippen molar-refractivity contribution in [3.05, 3.63) is 59.7 Å². The molecule has 2 unspecified atom stereocenters. The van der Waals surface area contributed by atoms with Crippen molar-refractivity contribution in [3.8, 4) is 11.5 Å². The van der Waals surface area contributed by atoms with E-state index in [1.807, 2.05) is 6.07 Å². The number of para-hydroxylation sites is 1. The Morgan fingerprint density at radius 2 is 1.97 bits per heavy atom. The molecule has 1 aromatic heterocycles. The quantitative estimate of drug-likeness (QED) is 0.601. The summed E-state index contributed by atoms with van der Waals surface area (Å²) in [6.07, 6.45) is 0. The highest BCUT2D eigenvalue weighted by molar-refractivity contribution is 6.03. The number of tetrazole rings is 1. The number of esters is 1. The summed E-state index contributed by atoms with van der Waals surface area (Å²) in [6, 6.07) is 12.6. The molecule has 0 fully saturated rings. The molecule has 0 saturated carbocycles. The van der Waals surface area contributed by atoms with Gasteiger partial charge in [0, 0.05) is 11.3 Å². The molecule has 1 aliphatic rings. The molecule has 158 valence electrons. The first-order valence-corrected chi connectivity index (χ1v) is 9.59. The number of benzene rings is 2. The zero-order valence-electron chi connectivity index (χ0n) is 16.8. The molecule has 2 aromatic carbocycles. The molecule has 0 spiro atoms. The molecule has 2 heterocycles. The minimum Gasteiger partial charge on any atom is -0.478 e. The number of rotatable bonds is 6. The first-order valence-electron chi connectivity index (χ1n) is 9.59. The van der Waals surface area contributed by atoms with Crippen molar-refractivity contribution < 1.29 is 24.2 Å². The molecule has 10 heteroatoms. The van der Waals surface area contributed by atoms with Crippen molar-refractivity contribution in [2.24, 2.45) is 10.9 Å². The number of aliphatic imine (C=N–C) groups is 1. The average molecular weight is 421 g/mol. The molecule has 1 aliphatic heterocycles. The number of aromatic nitrogens is 4. The van der Waals surface area contributed by atoms with Gasteiger partial charge in [-0.15, -0.1) is 0 Å². The van der Waals surface area contributed by atoms with Crippen LogP contribution in [-0.4, -0.2) is 49.6 Å². The number of carbonyl (C=O) groups is 2. The number of carbonyl (C=O) groups excluding carboxylic acids is 1. The number of carboxylic acid groups (broad SMARTS) is 1. The van der Waals surface area contributed by atoms with Crippen LogP contribution in [0.5, 0.6) is 11.5 Å². The molecule has 0 bridgehead atoms. The summed E-state index contributed by atoms with van der Waals surface area (Å²) >= 11 is 0. The summed E-state index contributed by atoms with van der Waals surface area (Å²) in [5.41, 5.74) is 1.25. The van der Waals surface area contributed by atoms with Crippen molar-refractivity contribution in [3.63, 3.8) is 0 Å². The molecule has 2 atom stereocenters. The predicted molar refractivity (Wildman–Crippen MR) is 109 cm³/mol. The van der Waals surface area contributed by atoms with Gasteiger partial charge in [0.2, 0.25) is 0 Å². The lowest BCUT2D eigenvalue weighted by Crippen LogP contribution is -2.37. The minimum absolute atomic E-state index is 0.0998. The third kappa shape index (κ3) is 3.87. The predicted octanol–water partition coefficient (Wildman–Crippen LogP) is 3.04. The van der Waals surface area contributed by atoms with Crippen LogP contribution < -0.4 is 4.74 Å². The topological polar surface area (TPSA) is 129 Å². The van der Waals surface area contributed by atoms with E-state index in [2.05, 4.69) is 20.5 Å². The van der Waals surface area contributed by atoms with Gasteiger partial charge >= 0.3 is 11.9 Å². The van der Waals surface area contributed by atoms with E-state index in [1.54, 1.807) is 44.2 Å². The molecule has 3 aromatic rings. The van der Waals surface area contributed by atoms with Crippen LogP contribution in [0, 0.1) is 5.92 Å². The number of fused-ring (bicyclic) bond motifs is 1. The first-order chi connectivity index (χ1) is 15.0. The van der Waals surface area contributed by atoms with Gasteiger partial charge in [0.25, 0.3) is 5.95 Å². The second-order valence-corrected chi connectivity index (χ2v) is 6.82. The van der Waals surface area contributed by atoms with Crippen LogP contribution >= 0.6 is 0 Å². The highest BCUT2D eigenvalue weighted by Crippen LogP contribution is 2.40. The van der Waals surface area contributed by atoms with Gasteiger partial charge in [0.05, 0.1) is 12.2 Å². The van der Waals surface area contributed by atoms with Gasteiger partial charge in [-0.25, -0.2) is 14.5 Å². The van der Waals surface area contributed by atoms with E-state index in [4.69, 9.17) is 9.47 Å². The largest absolute Gasteiger partial charge is 0.478 e. The highest BCUT2D eigenvalue weighted by atomic mass is 16.5. The SMILES string of the molecule is CCOC(=O)C1C(C)=Nc2nnnn2C1c1ccccc1Oc1cccc(C(=O)O)c1. The Labute approximate surface area is 177 Å². The van der Waals surface area contributed by atoms with Crippen LogP contribution in [0.25, 0.3) is 0 Å². The average Bonchev–Trinajstić information content (AvgIpc) is 3.21. The minimum atomic E-state index is -1.06. The summed E-state index contributed by atoms with van der Waals surface area (Å²) < 4.78 is 12.8. The molecular formula is C21H19N5O5.